The van der Waals surface area contributed by atoms with E-state index in [1.54, 1.807) is 24.3 Å². The SMILES string of the molecule is Cc1ccc(C)c(NC(=O)C(O)c2ccccc2)c1. The van der Waals surface area contributed by atoms with E-state index in [-0.39, 0.29) is 0 Å². The molecule has 2 aromatic rings. The number of hydrogen-bond donors (Lipinski definition) is 2. The van der Waals surface area contributed by atoms with Gasteiger partial charge in [0, 0.05) is 5.69 Å². The molecular weight excluding hydrogens is 238 g/mol. The van der Waals surface area contributed by atoms with E-state index in [2.05, 4.69) is 5.32 Å². The Hall–Kier alpha value is -2.13. The molecule has 0 aromatic heterocycles. The monoisotopic (exact) mass is 255 g/mol. The molecule has 0 saturated heterocycles. The lowest BCUT2D eigenvalue weighted by Gasteiger charge is -2.13. The highest BCUT2D eigenvalue weighted by molar-refractivity contribution is 5.95. The van der Waals surface area contributed by atoms with Gasteiger partial charge >= 0.3 is 0 Å². The number of carbonyl (C=O) groups excluding carboxylic acids is 1. The van der Waals surface area contributed by atoms with Crippen LogP contribution in [0.15, 0.2) is 48.5 Å². The standard InChI is InChI=1S/C16H17NO2/c1-11-8-9-12(2)14(10-11)17-16(19)15(18)13-6-4-3-5-7-13/h3-10,15,18H,1-2H3,(H,17,19). The van der Waals surface area contributed by atoms with E-state index >= 15 is 0 Å². The minimum atomic E-state index is -1.15. The number of aryl methyl sites for hydroxylation is 2. The third kappa shape index (κ3) is 3.20. The van der Waals surface area contributed by atoms with Crippen LogP contribution >= 0.6 is 0 Å². The summed E-state index contributed by atoms with van der Waals surface area (Å²) in [6.45, 7) is 3.88. The highest BCUT2D eigenvalue weighted by atomic mass is 16.3. The summed E-state index contributed by atoms with van der Waals surface area (Å²) in [5, 5.41) is 12.8. The number of carbonyl (C=O) groups is 1. The Morgan fingerprint density at radius 1 is 1.11 bits per heavy atom. The predicted octanol–water partition coefficient (Wildman–Crippen LogP) is 2.98. The molecule has 0 aliphatic heterocycles. The summed E-state index contributed by atoms with van der Waals surface area (Å²) in [6, 6.07) is 14.7. The van der Waals surface area contributed by atoms with Crippen molar-refractivity contribution in [1.82, 2.24) is 0 Å². The summed E-state index contributed by atoms with van der Waals surface area (Å²) in [7, 11) is 0. The van der Waals surface area contributed by atoms with Gasteiger partial charge in [0.1, 0.15) is 0 Å². The number of rotatable bonds is 3. The molecule has 0 saturated carbocycles. The summed E-state index contributed by atoms with van der Waals surface area (Å²) >= 11 is 0. The van der Waals surface area contributed by atoms with E-state index in [0.29, 0.717) is 5.56 Å². The van der Waals surface area contributed by atoms with Crippen LogP contribution in [0.5, 0.6) is 0 Å². The van der Waals surface area contributed by atoms with E-state index in [0.717, 1.165) is 16.8 Å². The largest absolute Gasteiger partial charge is 0.378 e. The Morgan fingerprint density at radius 3 is 2.47 bits per heavy atom. The van der Waals surface area contributed by atoms with Crippen LogP contribution in [-0.2, 0) is 4.79 Å². The van der Waals surface area contributed by atoms with Crippen molar-refractivity contribution in [1.29, 1.82) is 0 Å². The van der Waals surface area contributed by atoms with E-state index < -0.39 is 12.0 Å². The maximum absolute atomic E-state index is 12.0. The van der Waals surface area contributed by atoms with Crippen LogP contribution < -0.4 is 5.32 Å². The van der Waals surface area contributed by atoms with Crippen LogP contribution in [0.25, 0.3) is 0 Å². The minimum Gasteiger partial charge on any atom is -0.378 e. The summed E-state index contributed by atoms with van der Waals surface area (Å²) in [4.78, 5) is 12.0. The molecule has 2 rings (SSSR count). The molecule has 1 unspecified atom stereocenters. The second kappa shape index (κ2) is 5.67. The highest BCUT2D eigenvalue weighted by Gasteiger charge is 2.17. The lowest BCUT2D eigenvalue weighted by Crippen LogP contribution is -2.21. The molecule has 0 heterocycles. The Bertz CT molecular complexity index is 579. The van der Waals surface area contributed by atoms with Crippen LogP contribution in [0.4, 0.5) is 5.69 Å². The summed E-state index contributed by atoms with van der Waals surface area (Å²) in [5.41, 5.74) is 3.36. The van der Waals surface area contributed by atoms with E-state index in [1.807, 2.05) is 38.1 Å². The lowest BCUT2D eigenvalue weighted by molar-refractivity contribution is -0.124. The van der Waals surface area contributed by atoms with E-state index in [1.165, 1.54) is 0 Å². The molecule has 98 valence electrons. The molecule has 3 nitrogen and oxygen atoms in total. The number of benzene rings is 2. The quantitative estimate of drug-likeness (QED) is 0.885. The molecule has 19 heavy (non-hydrogen) atoms. The van der Waals surface area contributed by atoms with Gasteiger partial charge in [-0.3, -0.25) is 4.79 Å². The third-order valence-electron chi connectivity index (χ3n) is 3.01. The topological polar surface area (TPSA) is 49.3 Å². The van der Waals surface area contributed by atoms with Crippen molar-refractivity contribution in [3.05, 3.63) is 65.2 Å². The molecule has 2 N–H and O–H groups in total. The summed E-state index contributed by atoms with van der Waals surface area (Å²) in [6.07, 6.45) is -1.15. The maximum Gasteiger partial charge on any atom is 0.257 e. The zero-order valence-electron chi connectivity index (χ0n) is 11.1. The fraction of sp³-hybridized carbons (Fsp3) is 0.188. The van der Waals surface area contributed by atoms with Gasteiger partial charge in [-0.2, -0.15) is 0 Å². The first-order chi connectivity index (χ1) is 9.08. The van der Waals surface area contributed by atoms with Crippen molar-refractivity contribution < 1.29 is 9.90 Å². The summed E-state index contributed by atoms with van der Waals surface area (Å²) in [5.74, 6) is -0.417. The number of aliphatic hydroxyl groups is 1. The zero-order chi connectivity index (χ0) is 13.8. The fourth-order valence-electron chi connectivity index (χ4n) is 1.86. The maximum atomic E-state index is 12.0. The van der Waals surface area contributed by atoms with Gasteiger partial charge in [-0.05, 0) is 36.6 Å². The average molecular weight is 255 g/mol. The van der Waals surface area contributed by atoms with Crippen molar-refractivity contribution in [2.75, 3.05) is 5.32 Å². The second-order valence-corrected chi connectivity index (χ2v) is 4.62. The first-order valence-electron chi connectivity index (χ1n) is 6.19. The Balaban J connectivity index is 2.15. The first kappa shape index (κ1) is 13.3. The van der Waals surface area contributed by atoms with E-state index in [4.69, 9.17) is 0 Å². The van der Waals surface area contributed by atoms with Crippen LogP contribution in [0, 0.1) is 13.8 Å². The molecule has 0 bridgehead atoms. The Morgan fingerprint density at radius 2 is 1.79 bits per heavy atom. The fourth-order valence-corrected chi connectivity index (χ4v) is 1.86. The number of anilines is 1. The Kier molecular flexibility index (Phi) is 3.97. The minimum absolute atomic E-state index is 0.417. The normalized spacial score (nSPS) is 11.9. The predicted molar refractivity (Wildman–Crippen MR) is 75.9 cm³/mol. The van der Waals surface area contributed by atoms with Gasteiger partial charge in [0.25, 0.3) is 5.91 Å². The molecule has 1 amide bonds. The molecule has 0 aliphatic rings. The van der Waals surface area contributed by atoms with E-state index in [9.17, 15) is 9.90 Å². The second-order valence-electron chi connectivity index (χ2n) is 4.62. The van der Waals surface area contributed by atoms with Crippen molar-refractivity contribution in [2.45, 2.75) is 20.0 Å². The third-order valence-corrected chi connectivity index (χ3v) is 3.01. The van der Waals surface area contributed by atoms with Crippen LogP contribution in [0.2, 0.25) is 0 Å². The first-order valence-corrected chi connectivity index (χ1v) is 6.19. The molecule has 0 radical (unpaired) electrons. The van der Waals surface area contributed by atoms with Gasteiger partial charge in [0.15, 0.2) is 6.10 Å². The Labute approximate surface area is 112 Å². The van der Waals surface area contributed by atoms with Gasteiger partial charge in [0.2, 0.25) is 0 Å². The molecular formula is C16H17NO2. The van der Waals surface area contributed by atoms with Crippen molar-refractivity contribution in [2.24, 2.45) is 0 Å². The van der Waals surface area contributed by atoms with Crippen LogP contribution in [-0.4, -0.2) is 11.0 Å². The molecule has 2 aromatic carbocycles. The van der Waals surface area contributed by atoms with Crippen molar-refractivity contribution >= 4 is 11.6 Å². The number of nitrogens with one attached hydrogen (secondary N) is 1. The van der Waals surface area contributed by atoms with Gasteiger partial charge in [-0.15, -0.1) is 0 Å². The molecule has 3 heteroatoms. The van der Waals surface area contributed by atoms with Gasteiger partial charge in [0.05, 0.1) is 0 Å². The van der Waals surface area contributed by atoms with Crippen LogP contribution in [0.3, 0.4) is 0 Å². The number of hydrogen-bond acceptors (Lipinski definition) is 2. The number of amides is 1. The molecule has 0 spiro atoms. The van der Waals surface area contributed by atoms with Gasteiger partial charge < -0.3 is 10.4 Å². The van der Waals surface area contributed by atoms with Crippen molar-refractivity contribution in [3.63, 3.8) is 0 Å². The average Bonchev–Trinajstić information content (AvgIpc) is 2.43. The van der Waals surface area contributed by atoms with Crippen molar-refractivity contribution in [3.8, 4) is 0 Å². The highest BCUT2D eigenvalue weighted by Crippen LogP contribution is 2.19. The lowest BCUT2D eigenvalue weighted by atomic mass is 10.1. The smallest absolute Gasteiger partial charge is 0.257 e. The summed E-state index contributed by atoms with van der Waals surface area (Å²) < 4.78 is 0. The van der Waals surface area contributed by atoms with Gasteiger partial charge in [-0.25, -0.2) is 0 Å². The number of aliphatic hydroxyl groups excluding tert-OH is 1. The zero-order valence-corrected chi connectivity index (χ0v) is 11.1. The van der Waals surface area contributed by atoms with Gasteiger partial charge in [-0.1, -0.05) is 42.5 Å². The van der Waals surface area contributed by atoms with Crippen LogP contribution in [0.1, 0.15) is 22.8 Å². The molecule has 1 atom stereocenters. The molecule has 0 aliphatic carbocycles. The molecule has 0 fully saturated rings.